The molecule has 3 amide bonds. The van der Waals surface area contributed by atoms with Crippen molar-refractivity contribution >= 4 is 23.7 Å². The first kappa shape index (κ1) is 14.4. The number of imidazole rings is 1. The monoisotopic (exact) mass is 271 g/mol. The van der Waals surface area contributed by atoms with E-state index in [1.807, 2.05) is 17.9 Å². The van der Waals surface area contributed by atoms with Crippen molar-refractivity contribution < 1.29 is 9.59 Å². The Morgan fingerprint density at radius 2 is 2.28 bits per heavy atom. The lowest BCUT2D eigenvalue weighted by atomic mass is 10.4. The molecule has 0 atom stereocenters. The molecule has 0 aliphatic heterocycles. The zero-order chi connectivity index (χ0) is 13.7. The van der Waals surface area contributed by atoms with Crippen LogP contribution in [0.1, 0.15) is 5.69 Å². The second-order valence-corrected chi connectivity index (χ2v) is 4.54. The van der Waals surface area contributed by atoms with E-state index in [1.165, 1.54) is 18.8 Å². The summed E-state index contributed by atoms with van der Waals surface area (Å²) in [4.78, 5) is 27.6. The van der Waals surface area contributed by atoms with E-state index in [-0.39, 0.29) is 12.5 Å². The Morgan fingerprint density at radius 1 is 1.61 bits per heavy atom. The van der Waals surface area contributed by atoms with Gasteiger partial charge in [-0.1, -0.05) is 11.8 Å². The highest BCUT2D eigenvalue weighted by Crippen LogP contribution is 2.13. The van der Waals surface area contributed by atoms with E-state index in [9.17, 15) is 9.59 Å². The van der Waals surface area contributed by atoms with E-state index in [0.29, 0.717) is 6.54 Å². The Morgan fingerprint density at radius 3 is 2.78 bits per heavy atom. The number of aromatic nitrogens is 2. The second kappa shape index (κ2) is 6.29. The molecule has 0 aliphatic carbocycles. The Labute approximate surface area is 110 Å². The van der Waals surface area contributed by atoms with Gasteiger partial charge in [0.15, 0.2) is 5.16 Å². The third-order valence-corrected chi connectivity index (χ3v) is 3.19. The van der Waals surface area contributed by atoms with Gasteiger partial charge in [-0.2, -0.15) is 0 Å². The number of primary amides is 1. The fourth-order valence-corrected chi connectivity index (χ4v) is 1.87. The van der Waals surface area contributed by atoms with E-state index in [4.69, 9.17) is 5.73 Å². The SMILES string of the molecule is CSc1ncc(CNC(=O)CN(C)C(N)=O)n1C. The van der Waals surface area contributed by atoms with Crippen LogP contribution in [0.15, 0.2) is 11.4 Å². The van der Waals surface area contributed by atoms with Crippen LogP contribution in [0.2, 0.25) is 0 Å². The Kier molecular flexibility index (Phi) is 5.02. The summed E-state index contributed by atoms with van der Waals surface area (Å²) in [6, 6.07) is -0.629. The standard InChI is InChI=1S/C10H17N5O2S/c1-14(9(11)17)6-8(16)12-4-7-5-13-10(18-3)15(7)2/h5H,4,6H2,1-3H3,(H2,11,17)(H,12,16). The lowest BCUT2D eigenvalue weighted by Crippen LogP contribution is -2.40. The van der Waals surface area contributed by atoms with E-state index >= 15 is 0 Å². The molecule has 1 heterocycles. The zero-order valence-corrected chi connectivity index (χ0v) is 11.5. The van der Waals surface area contributed by atoms with Crippen molar-refractivity contribution in [2.75, 3.05) is 19.8 Å². The maximum absolute atomic E-state index is 11.5. The molecular weight excluding hydrogens is 254 g/mol. The number of hydrogen-bond acceptors (Lipinski definition) is 4. The van der Waals surface area contributed by atoms with E-state index in [0.717, 1.165) is 15.8 Å². The first-order valence-corrected chi connectivity index (χ1v) is 6.50. The number of urea groups is 1. The van der Waals surface area contributed by atoms with Crippen LogP contribution >= 0.6 is 11.8 Å². The number of carbonyl (C=O) groups excluding carboxylic acids is 2. The molecule has 100 valence electrons. The van der Waals surface area contributed by atoms with Crippen LogP contribution in [0.3, 0.4) is 0 Å². The predicted molar refractivity (Wildman–Crippen MR) is 69.0 cm³/mol. The van der Waals surface area contributed by atoms with Crippen molar-refractivity contribution in [2.45, 2.75) is 11.7 Å². The highest BCUT2D eigenvalue weighted by molar-refractivity contribution is 7.98. The first-order chi connectivity index (χ1) is 8.45. The molecule has 0 bridgehead atoms. The molecule has 0 aliphatic rings. The molecule has 0 aromatic carbocycles. The van der Waals surface area contributed by atoms with Crippen LogP contribution in [-0.4, -0.2) is 46.2 Å². The summed E-state index contributed by atoms with van der Waals surface area (Å²) in [6.07, 6.45) is 3.65. The Hall–Kier alpha value is -1.70. The van der Waals surface area contributed by atoms with Gasteiger partial charge in [0.2, 0.25) is 5.91 Å². The minimum Gasteiger partial charge on any atom is -0.351 e. The molecule has 8 heteroatoms. The van der Waals surface area contributed by atoms with Crippen LogP contribution < -0.4 is 11.1 Å². The minimum absolute atomic E-state index is 0.0530. The summed E-state index contributed by atoms with van der Waals surface area (Å²) in [5, 5.41) is 3.59. The number of thioether (sulfide) groups is 1. The van der Waals surface area contributed by atoms with Crippen molar-refractivity contribution in [1.82, 2.24) is 19.8 Å². The molecule has 0 fully saturated rings. The van der Waals surface area contributed by atoms with Gasteiger partial charge in [-0.15, -0.1) is 0 Å². The van der Waals surface area contributed by atoms with Gasteiger partial charge < -0.3 is 20.5 Å². The van der Waals surface area contributed by atoms with Gasteiger partial charge in [0, 0.05) is 14.1 Å². The lowest BCUT2D eigenvalue weighted by molar-refractivity contribution is -0.121. The third-order valence-electron chi connectivity index (χ3n) is 2.45. The Balaban J connectivity index is 2.47. The van der Waals surface area contributed by atoms with Gasteiger partial charge in [-0.3, -0.25) is 4.79 Å². The predicted octanol–water partition coefficient (Wildman–Crippen LogP) is -0.231. The van der Waals surface area contributed by atoms with Gasteiger partial charge in [-0.25, -0.2) is 9.78 Å². The van der Waals surface area contributed by atoms with Crippen LogP contribution in [0.5, 0.6) is 0 Å². The molecule has 7 nitrogen and oxygen atoms in total. The zero-order valence-electron chi connectivity index (χ0n) is 10.6. The normalized spacial score (nSPS) is 10.2. The molecule has 3 N–H and O–H groups in total. The largest absolute Gasteiger partial charge is 0.351 e. The maximum Gasteiger partial charge on any atom is 0.314 e. The second-order valence-electron chi connectivity index (χ2n) is 3.77. The first-order valence-electron chi connectivity index (χ1n) is 5.27. The molecular formula is C10H17N5O2S. The Bertz CT molecular complexity index is 445. The van der Waals surface area contributed by atoms with Gasteiger partial charge in [-0.05, 0) is 6.26 Å². The minimum atomic E-state index is -0.629. The molecule has 1 aromatic heterocycles. The van der Waals surface area contributed by atoms with Crippen molar-refractivity contribution in [1.29, 1.82) is 0 Å². The summed E-state index contributed by atoms with van der Waals surface area (Å²) in [7, 11) is 3.35. The molecule has 0 spiro atoms. The summed E-state index contributed by atoms with van der Waals surface area (Å²) in [5.41, 5.74) is 5.92. The maximum atomic E-state index is 11.5. The number of hydrogen-bond donors (Lipinski definition) is 2. The summed E-state index contributed by atoms with van der Waals surface area (Å²) in [6.45, 7) is 0.318. The quantitative estimate of drug-likeness (QED) is 0.723. The van der Waals surface area contributed by atoms with Crippen molar-refractivity contribution in [2.24, 2.45) is 12.8 Å². The number of nitrogens with two attached hydrogens (primary N) is 1. The number of rotatable bonds is 5. The highest BCUT2D eigenvalue weighted by Gasteiger charge is 2.10. The molecule has 18 heavy (non-hydrogen) atoms. The van der Waals surface area contributed by atoms with Crippen LogP contribution in [0.4, 0.5) is 4.79 Å². The molecule has 0 saturated heterocycles. The number of nitrogens with zero attached hydrogens (tertiary/aromatic N) is 3. The lowest BCUT2D eigenvalue weighted by Gasteiger charge is -2.13. The fourth-order valence-electron chi connectivity index (χ4n) is 1.32. The topological polar surface area (TPSA) is 93.2 Å². The van der Waals surface area contributed by atoms with Crippen LogP contribution in [-0.2, 0) is 18.4 Å². The number of carbonyl (C=O) groups is 2. The van der Waals surface area contributed by atoms with E-state index in [1.54, 1.807) is 6.20 Å². The average molecular weight is 271 g/mol. The molecule has 0 saturated carbocycles. The summed E-state index contributed by atoms with van der Waals surface area (Å²) in [5.74, 6) is -0.261. The average Bonchev–Trinajstić information content (AvgIpc) is 2.67. The van der Waals surface area contributed by atoms with E-state index < -0.39 is 6.03 Å². The summed E-state index contributed by atoms with van der Waals surface area (Å²) >= 11 is 1.53. The number of amides is 3. The van der Waals surface area contributed by atoms with Gasteiger partial charge in [0.25, 0.3) is 0 Å². The third kappa shape index (κ3) is 3.66. The summed E-state index contributed by atoms with van der Waals surface area (Å²) < 4.78 is 1.91. The number of likely N-dealkylation sites (N-methyl/N-ethyl adjacent to an activating group) is 1. The van der Waals surface area contributed by atoms with Gasteiger partial charge in [0.1, 0.15) is 6.54 Å². The van der Waals surface area contributed by atoms with Gasteiger partial charge >= 0.3 is 6.03 Å². The van der Waals surface area contributed by atoms with Crippen molar-refractivity contribution in [3.05, 3.63) is 11.9 Å². The number of nitrogens with one attached hydrogen (secondary N) is 1. The molecule has 0 radical (unpaired) electrons. The highest BCUT2D eigenvalue weighted by atomic mass is 32.2. The fraction of sp³-hybridized carbons (Fsp3) is 0.500. The van der Waals surface area contributed by atoms with Crippen molar-refractivity contribution in [3.8, 4) is 0 Å². The smallest absolute Gasteiger partial charge is 0.314 e. The van der Waals surface area contributed by atoms with Crippen molar-refractivity contribution in [3.63, 3.8) is 0 Å². The molecule has 1 rings (SSSR count). The van der Waals surface area contributed by atoms with Crippen LogP contribution in [0, 0.1) is 0 Å². The van der Waals surface area contributed by atoms with Gasteiger partial charge in [0.05, 0.1) is 18.4 Å². The van der Waals surface area contributed by atoms with Crippen LogP contribution in [0.25, 0.3) is 0 Å². The van der Waals surface area contributed by atoms with E-state index in [2.05, 4.69) is 10.3 Å². The molecule has 1 aromatic rings. The molecule has 0 unspecified atom stereocenters.